The minimum absolute atomic E-state index is 0.509. The molecule has 0 fully saturated rings. The topological polar surface area (TPSA) is 13.1 Å². The average molecular weight is 252 g/mol. The molecule has 0 spiro atoms. The second-order valence-corrected chi connectivity index (χ2v) is 5.89. The van der Waals surface area contributed by atoms with Gasteiger partial charge in [-0.25, -0.2) is 0 Å². The minimum Gasteiger partial charge on any atom is -0.456 e. The lowest BCUT2D eigenvalue weighted by Gasteiger charge is -2.07. The highest BCUT2D eigenvalue weighted by Gasteiger charge is 2.13. The summed E-state index contributed by atoms with van der Waals surface area (Å²) in [4.78, 5) is 0. The lowest BCUT2D eigenvalue weighted by molar-refractivity contribution is 0.666. The van der Waals surface area contributed by atoms with Crippen molar-refractivity contribution in [1.29, 1.82) is 0 Å². The molecule has 1 nitrogen and oxygen atoms in total. The van der Waals surface area contributed by atoms with Gasteiger partial charge in [0, 0.05) is 10.8 Å². The van der Waals surface area contributed by atoms with Crippen molar-refractivity contribution >= 4 is 21.9 Å². The Balaban J connectivity index is 2.37. The van der Waals surface area contributed by atoms with Gasteiger partial charge >= 0.3 is 0 Å². The maximum atomic E-state index is 6.03. The Bertz CT molecular complexity index is 732. The maximum Gasteiger partial charge on any atom is 0.135 e. The Morgan fingerprint density at radius 2 is 1.63 bits per heavy atom. The quantitative estimate of drug-likeness (QED) is 0.559. The Hall–Kier alpha value is -1.76. The predicted molar refractivity (Wildman–Crippen MR) is 81.9 cm³/mol. The van der Waals surface area contributed by atoms with Gasteiger partial charge in [0.05, 0.1) is 0 Å². The molecule has 1 aromatic heterocycles. The summed E-state index contributed by atoms with van der Waals surface area (Å²) in [6.07, 6.45) is 0. The van der Waals surface area contributed by atoms with Crippen LogP contribution >= 0.6 is 0 Å². The van der Waals surface area contributed by atoms with Gasteiger partial charge in [-0.2, -0.15) is 0 Å². The second-order valence-electron chi connectivity index (χ2n) is 5.89. The zero-order chi connectivity index (χ0) is 13.6. The molecule has 0 amide bonds. The van der Waals surface area contributed by atoms with E-state index in [0.717, 1.165) is 11.2 Å². The lowest BCUT2D eigenvalue weighted by Crippen LogP contribution is -1.88. The van der Waals surface area contributed by atoms with E-state index in [1.807, 2.05) is 0 Å². The summed E-state index contributed by atoms with van der Waals surface area (Å²) in [7, 11) is 0. The first kappa shape index (κ1) is 12.3. The normalized spacial score (nSPS) is 12.1. The van der Waals surface area contributed by atoms with Crippen LogP contribution in [0.15, 0.2) is 40.8 Å². The van der Waals surface area contributed by atoms with Gasteiger partial charge < -0.3 is 4.42 Å². The first-order chi connectivity index (χ1) is 9.08. The third kappa shape index (κ3) is 1.94. The Morgan fingerprint density at radius 1 is 0.842 bits per heavy atom. The van der Waals surface area contributed by atoms with Gasteiger partial charge in [-0.05, 0) is 35.1 Å². The smallest absolute Gasteiger partial charge is 0.135 e. The highest BCUT2D eigenvalue weighted by Crippen LogP contribution is 2.35. The third-order valence-corrected chi connectivity index (χ3v) is 3.84. The molecule has 0 atom stereocenters. The van der Waals surface area contributed by atoms with Crippen LogP contribution in [0.5, 0.6) is 0 Å². The van der Waals surface area contributed by atoms with E-state index in [1.165, 1.54) is 21.9 Å². The molecular weight excluding hydrogens is 232 g/mol. The van der Waals surface area contributed by atoms with Gasteiger partial charge in [-0.15, -0.1) is 0 Å². The van der Waals surface area contributed by atoms with Crippen LogP contribution in [0.4, 0.5) is 0 Å². The van der Waals surface area contributed by atoms with Gasteiger partial charge in [0.25, 0.3) is 0 Å². The van der Waals surface area contributed by atoms with Crippen LogP contribution in [-0.4, -0.2) is 0 Å². The molecule has 0 N–H and O–H groups in total. The molecule has 2 aromatic carbocycles. The summed E-state index contributed by atoms with van der Waals surface area (Å²) < 4.78 is 6.03. The monoisotopic (exact) mass is 252 g/mol. The van der Waals surface area contributed by atoms with Crippen LogP contribution in [0.3, 0.4) is 0 Å². The van der Waals surface area contributed by atoms with Crippen LogP contribution in [0.25, 0.3) is 21.9 Å². The molecule has 0 aliphatic heterocycles. The highest BCUT2D eigenvalue weighted by atomic mass is 16.3. The van der Waals surface area contributed by atoms with Crippen LogP contribution < -0.4 is 0 Å². The summed E-state index contributed by atoms with van der Waals surface area (Å²) in [6, 6.07) is 13.0. The number of hydrogen-bond donors (Lipinski definition) is 0. The Kier molecular flexibility index (Phi) is 2.85. The number of benzene rings is 2. The van der Waals surface area contributed by atoms with E-state index in [1.54, 1.807) is 0 Å². The molecule has 0 radical (unpaired) electrons. The fraction of sp³-hybridized carbons (Fsp3) is 0.333. The largest absolute Gasteiger partial charge is 0.456 e. The van der Waals surface area contributed by atoms with E-state index in [9.17, 15) is 0 Å². The van der Waals surface area contributed by atoms with Crippen molar-refractivity contribution in [2.24, 2.45) is 0 Å². The number of hydrogen-bond acceptors (Lipinski definition) is 1. The van der Waals surface area contributed by atoms with E-state index in [2.05, 4.69) is 64.1 Å². The molecule has 0 bridgehead atoms. The minimum atomic E-state index is 0.509. The molecule has 1 heterocycles. The Morgan fingerprint density at radius 3 is 2.32 bits per heavy atom. The molecule has 98 valence electrons. The summed E-state index contributed by atoms with van der Waals surface area (Å²) in [6.45, 7) is 8.89. The molecule has 0 aliphatic carbocycles. The van der Waals surface area contributed by atoms with Crippen molar-refractivity contribution in [1.82, 2.24) is 0 Å². The second kappa shape index (κ2) is 4.41. The van der Waals surface area contributed by atoms with Gasteiger partial charge in [0.1, 0.15) is 11.2 Å². The van der Waals surface area contributed by atoms with Crippen LogP contribution in [-0.2, 0) is 0 Å². The van der Waals surface area contributed by atoms with Gasteiger partial charge in [-0.1, -0.05) is 52.0 Å². The SMILES string of the molecule is CC(C)c1ccc2c(c1)oc1cccc(C(C)C)c12. The highest BCUT2D eigenvalue weighted by molar-refractivity contribution is 6.07. The van der Waals surface area contributed by atoms with Crippen molar-refractivity contribution in [3.63, 3.8) is 0 Å². The van der Waals surface area contributed by atoms with Crippen LogP contribution in [0, 0.1) is 0 Å². The molecule has 1 heteroatoms. The predicted octanol–water partition coefficient (Wildman–Crippen LogP) is 5.83. The molecule has 3 rings (SSSR count). The van der Waals surface area contributed by atoms with Crippen molar-refractivity contribution in [2.45, 2.75) is 39.5 Å². The summed E-state index contributed by atoms with van der Waals surface area (Å²) >= 11 is 0. The average Bonchev–Trinajstić information content (AvgIpc) is 2.75. The standard InChI is InChI=1S/C18H20O/c1-11(2)13-8-9-15-17(10-13)19-16-7-5-6-14(12(3)4)18(15)16/h5-12H,1-4H3. The number of fused-ring (bicyclic) bond motifs is 3. The summed E-state index contributed by atoms with van der Waals surface area (Å²) in [5, 5.41) is 2.52. The third-order valence-electron chi connectivity index (χ3n) is 3.84. The van der Waals surface area contributed by atoms with Crippen molar-refractivity contribution in [3.05, 3.63) is 47.5 Å². The number of rotatable bonds is 2. The molecule has 19 heavy (non-hydrogen) atoms. The molecule has 0 unspecified atom stereocenters. The molecule has 0 saturated heterocycles. The zero-order valence-corrected chi connectivity index (χ0v) is 12.0. The van der Waals surface area contributed by atoms with Crippen molar-refractivity contribution < 1.29 is 4.42 Å². The molecule has 3 aromatic rings. The fourth-order valence-corrected chi connectivity index (χ4v) is 2.71. The lowest BCUT2D eigenvalue weighted by atomic mass is 9.96. The van der Waals surface area contributed by atoms with Gasteiger partial charge in [0.15, 0.2) is 0 Å². The summed E-state index contributed by atoms with van der Waals surface area (Å²) in [5.74, 6) is 1.04. The zero-order valence-electron chi connectivity index (χ0n) is 12.0. The molecular formula is C18H20O. The molecule has 0 saturated carbocycles. The first-order valence-corrected chi connectivity index (χ1v) is 7.03. The van der Waals surface area contributed by atoms with Crippen molar-refractivity contribution in [3.8, 4) is 0 Å². The van der Waals surface area contributed by atoms with E-state index in [0.29, 0.717) is 11.8 Å². The molecule has 0 aliphatic rings. The van der Waals surface area contributed by atoms with E-state index in [-0.39, 0.29) is 0 Å². The van der Waals surface area contributed by atoms with Gasteiger partial charge in [0.2, 0.25) is 0 Å². The van der Waals surface area contributed by atoms with Crippen molar-refractivity contribution in [2.75, 3.05) is 0 Å². The van der Waals surface area contributed by atoms with E-state index >= 15 is 0 Å². The van der Waals surface area contributed by atoms with Crippen LogP contribution in [0.2, 0.25) is 0 Å². The Labute approximate surface area is 114 Å². The van der Waals surface area contributed by atoms with E-state index < -0.39 is 0 Å². The number of furan rings is 1. The van der Waals surface area contributed by atoms with Crippen LogP contribution in [0.1, 0.15) is 50.7 Å². The summed E-state index contributed by atoms with van der Waals surface area (Å²) in [5.41, 5.74) is 4.71. The van der Waals surface area contributed by atoms with Gasteiger partial charge in [-0.3, -0.25) is 0 Å². The fourth-order valence-electron chi connectivity index (χ4n) is 2.71. The maximum absolute atomic E-state index is 6.03. The first-order valence-electron chi connectivity index (χ1n) is 7.03. The van der Waals surface area contributed by atoms with E-state index in [4.69, 9.17) is 4.42 Å².